The second-order valence-corrected chi connectivity index (χ2v) is 9.11. The molecule has 0 aliphatic heterocycles. The Bertz CT molecular complexity index is 1130. The van der Waals surface area contributed by atoms with Crippen molar-refractivity contribution < 1.29 is 14.4 Å². The number of unbranched alkanes of at least 4 members (excludes halogenated alkanes) is 1. The molecule has 0 bridgehead atoms. The third kappa shape index (κ3) is 9.38. The number of hydrogen-bond acceptors (Lipinski definition) is 8. The summed E-state index contributed by atoms with van der Waals surface area (Å²) in [7, 11) is 1.74. The Morgan fingerprint density at radius 2 is 1.89 bits per heavy atom. The molecule has 1 amide bonds. The molecule has 0 saturated heterocycles. The Morgan fingerprint density at radius 1 is 1.08 bits per heavy atom. The molecule has 0 radical (unpaired) electrons. The Morgan fingerprint density at radius 3 is 2.59 bits per heavy atom. The normalized spacial score (nSPS) is 12.5. The average molecular weight is 508 g/mol. The minimum absolute atomic E-state index is 0.0541. The van der Waals surface area contributed by atoms with E-state index in [1.165, 1.54) is 4.68 Å². The highest BCUT2D eigenvalue weighted by atomic mass is 16.6. The lowest BCUT2D eigenvalue weighted by atomic mass is 10.1. The van der Waals surface area contributed by atoms with Crippen molar-refractivity contribution in [3.8, 4) is 0 Å². The summed E-state index contributed by atoms with van der Waals surface area (Å²) in [5.74, 6) is 0.918. The summed E-state index contributed by atoms with van der Waals surface area (Å²) in [4.78, 5) is 22.5. The Hall–Kier alpha value is -3.66. The fourth-order valence-electron chi connectivity index (χ4n) is 3.89. The van der Waals surface area contributed by atoms with Crippen LogP contribution in [0.4, 0.5) is 5.82 Å². The third-order valence-electron chi connectivity index (χ3n) is 5.58. The first-order valence-electron chi connectivity index (χ1n) is 12.9. The van der Waals surface area contributed by atoms with Gasteiger partial charge in [-0.05, 0) is 55.7 Å². The van der Waals surface area contributed by atoms with Gasteiger partial charge in [0.25, 0.3) is 0 Å². The minimum Gasteiger partial charge on any atom is -0.389 e. The molecule has 2 aromatic heterocycles. The molecule has 1 unspecified atom stereocenters. The van der Waals surface area contributed by atoms with E-state index >= 15 is 0 Å². The SMILES string of the molecule is CCCC(CCCCC(=O)Nc1cccc(CO/N=C(/c2ccccc2)c2nnnn2C)n1)OC(C)C. The van der Waals surface area contributed by atoms with E-state index in [2.05, 4.69) is 51.8 Å². The lowest BCUT2D eigenvalue weighted by Crippen LogP contribution is -2.18. The van der Waals surface area contributed by atoms with Crippen LogP contribution in [0.5, 0.6) is 0 Å². The van der Waals surface area contributed by atoms with Gasteiger partial charge in [0.2, 0.25) is 11.7 Å². The molecule has 0 spiro atoms. The quantitative estimate of drug-likeness (QED) is 0.181. The number of nitrogens with zero attached hydrogens (tertiary/aromatic N) is 6. The van der Waals surface area contributed by atoms with Crippen LogP contribution in [0.1, 0.15) is 76.4 Å². The molecule has 198 valence electrons. The maximum absolute atomic E-state index is 12.4. The summed E-state index contributed by atoms with van der Waals surface area (Å²) in [5, 5.41) is 18.8. The maximum Gasteiger partial charge on any atom is 0.225 e. The number of carbonyl (C=O) groups excluding carboxylic acids is 1. The zero-order valence-electron chi connectivity index (χ0n) is 22.1. The van der Waals surface area contributed by atoms with Gasteiger partial charge in [-0.1, -0.05) is 61.3 Å². The molecule has 0 saturated carbocycles. The van der Waals surface area contributed by atoms with Crippen molar-refractivity contribution in [2.45, 2.75) is 78.1 Å². The number of aromatic nitrogens is 5. The number of benzene rings is 1. The summed E-state index contributed by atoms with van der Waals surface area (Å²) in [6.45, 7) is 6.42. The smallest absolute Gasteiger partial charge is 0.225 e. The summed E-state index contributed by atoms with van der Waals surface area (Å²) in [6.07, 6.45) is 5.82. The molecular formula is C27H37N7O3. The molecule has 10 heteroatoms. The van der Waals surface area contributed by atoms with Crippen LogP contribution < -0.4 is 5.32 Å². The lowest BCUT2D eigenvalue weighted by molar-refractivity contribution is -0.116. The topological polar surface area (TPSA) is 116 Å². The second-order valence-electron chi connectivity index (χ2n) is 9.11. The number of amides is 1. The van der Waals surface area contributed by atoms with Gasteiger partial charge in [0.1, 0.15) is 5.82 Å². The van der Waals surface area contributed by atoms with E-state index < -0.39 is 0 Å². The predicted octanol–water partition coefficient (Wildman–Crippen LogP) is 4.67. The molecular weight excluding hydrogens is 470 g/mol. The molecule has 0 fully saturated rings. The Labute approximate surface area is 218 Å². The number of aryl methyl sites for hydroxylation is 1. The Kier molecular flexibility index (Phi) is 11.2. The van der Waals surface area contributed by atoms with Crippen LogP contribution in [0, 0.1) is 0 Å². The van der Waals surface area contributed by atoms with Crippen LogP contribution in [0.3, 0.4) is 0 Å². The molecule has 0 aliphatic rings. The number of oxime groups is 1. The Balaban J connectivity index is 1.51. The predicted molar refractivity (Wildman–Crippen MR) is 142 cm³/mol. The molecule has 0 aliphatic carbocycles. The number of hydrogen-bond donors (Lipinski definition) is 1. The van der Waals surface area contributed by atoms with Crippen LogP contribution in [0.25, 0.3) is 0 Å². The zero-order chi connectivity index (χ0) is 26.5. The van der Waals surface area contributed by atoms with Crippen LogP contribution in [0.15, 0.2) is 53.7 Å². The molecule has 3 rings (SSSR count). The third-order valence-corrected chi connectivity index (χ3v) is 5.58. The van der Waals surface area contributed by atoms with Crippen LogP contribution in [-0.2, 0) is 28.0 Å². The number of anilines is 1. The highest BCUT2D eigenvalue weighted by Gasteiger charge is 2.15. The van der Waals surface area contributed by atoms with Crippen molar-refractivity contribution in [3.05, 3.63) is 65.6 Å². The molecule has 37 heavy (non-hydrogen) atoms. The first-order chi connectivity index (χ1) is 18.0. The zero-order valence-corrected chi connectivity index (χ0v) is 22.1. The molecule has 1 N–H and O–H groups in total. The van der Waals surface area contributed by atoms with E-state index in [0.717, 1.165) is 37.7 Å². The van der Waals surface area contributed by atoms with Crippen LogP contribution in [-0.4, -0.2) is 49.0 Å². The van der Waals surface area contributed by atoms with Gasteiger partial charge in [-0.15, -0.1) is 5.10 Å². The van der Waals surface area contributed by atoms with Gasteiger partial charge in [-0.3, -0.25) is 4.79 Å². The van der Waals surface area contributed by atoms with Crippen molar-refractivity contribution in [2.24, 2.45) is 12.2 Å². The average Bonchev–Trinajstić information content (AvgIpc) is 3.30. The van der Waals surface area contributed by atoms with Crippen molar-refractivity contribution in [2.75, 3.05) is 5.32 Å². The van der Waals surface area contributed by atoms with Crippen molar-refractivity contribution in [3.63, 3.8) is 0 Å². The number of pyridine rings is 1. The van der Waals surface area contributed by atoms with E-state index in [0.29, 0.717) is 29.5 Å². The molecule has 1 atom stereocenters. The standard InChI is InChI=1S/C27H37N7O3/c1-5-12-23(37-20(2)3)16-9-10-18-25(35)29-24-17-11-15-22(28-24)19-36-31-26(21-13-7-6-8-14-21)27-30-32-33-34(27)4/h6-8,11,13-15,17,20,23H,5,9-10,12,16,18-19H2,1-4H3,(H,28,29,35)/b31-26-. The second kappa shape index (κ2) is 14.8. The minimum atomic E-state index is -0.0541. The number of ether oxygens (including phenoxy) is 1. The van der Waals surface area contributed by atoms with E-state index in [9.17, 15) is 4.79 Å². The maximum atomic E-state index is 12.4. The fourth-order valence-corrected chi connectivity index (χ4v) is 3.89. The van der Waals surface area contributed by atoms with Gasteiger partial charge >= 0.3 is 0 Å². The molecule has 10 nitrogen and oxygen atoms in total. The van der Waals surface area contributed by atoms with Gasteiger partial charge in [-0.25, -0.2) is 9.67 Å². The molecule has 3 aromatic rings. The number of tetrazole rings is 1. The van der Waals surface area contributed by atoms with Crippen molar-refractivity contribution >= 4 is 17.4 Å². The summed E-state index contributed by atoms with van der Waals surface area (Å²) in [6, 6.07) is 15.0. The first kappa shape index (κ1) is 27.9. The highest BCUT2D eigenvalue weighted by molar-refractivity contribution is 6.10. The summed E-state index contributed by atoms with van der Waals surface area (Å²) in [5.41, 5.74) is 1.97. The van der Waals surface area contributed by atoms with Gasteiger partial charge in [0.05, 0.1) is 17.9 Å². The number of carbonyl (C=O) groups is 1. The molecule has 1 aromatic carbocycles. The summed E-state index contributed by atoms with van der Waals surface area (Å²) >= 11 is 0. The molecule has 2 heterocycles. The number of rotatable bonds is 15. The first-order valence-corrected chi connectivity index (χ1v) is 12.9. The van der Waals surface area contributed by atoms with Crippen LogP contribution >= 0.6 is 0 Å². The van der Waals surface area contributed by atoms with Crippen LogP contribution in [0.2, 0.25) is 0 Å². The van der Waals surface area contributed by atoms with E-state index in [1.807, 2.05) is 42.5 Å². The summed E-state index contributed by atoms with van der Waals surface area (Å²) < 4.78 is 7.50. The van der Waals surface area contributed by atoms with Gasteiger partial charge in [0, 0.05) is 19.0 Å². The van der Waals surface area contributed by atoms with Crippen molar-refractivity contribution in [1.29, 1.82) is 0 Å². The van der Waals surface area contributed by atoms with Gasteiger partial charge in [0.15, 0.2) is 12.3 Å². The van der Waals surface area contributed by atoms with E-state index in [4.69, 9.17) is 9.57 Å². The fraction of sp³-hybridized carbons (Fsp3) is 0.481. The van der Waals surface area contributed by atoms with Gasteiger partial charge in [-0.2, -0.15) is 0 Å². The monoisotopic (exact) mass is 507 g/mol. The largest absolute Gasteiger partial charge is 0.389 e. The van der Waals surface area contributed by atoms with E-state index in [1.54, 1.807) is 13.1 Å². The highest BCUT2D eigenvalue weighted by Crippen LogP contribution is 2.15. The van der Waals surface area contributed by atoms with E-state index in [-0.39, 0.29) is 24.7 Å². The van der Waals surface area contributed by atoms with Crippen molar-refractivity contribution in [1.82, 2.24) is 25.2 Å². The number of nitrogens with one attached hydrogen (secondary N) is 1. The van der Waals surface area contributed by atoms with Gasteiger partial charge < -0.3 is 14.9 Å². The lowest BCUT2D eigenvalue weighted by Gasteiger charge is -2.19.